The molecule has 0 heterocycles. The van der Waals surface area contributed by atoms with Crippen molar-refractivity contribution in [2.45, 2.75) is 0 Å². The number of aromatic hydroxyl groups is 2. The molecule has 5 nitrogen and oxygen atoms in total. The SMILES string of the molecule is Nc1cc(O)ccc1NC(=O)c1ccc(Br)cc1O. The van der Waals surface area contributed by atoms with Crippen LogP contribution in [0.3, 0.4) is 0 Å². The van der Waals surface area contributed by atoms with Crippen molar-refractivity contribution in [3.8, 4) is 11.5 Å². The summed E-state index contributed by atoms with van der Waals surface area (Å²) < 4.78 is 0.672. The number of nitrogens with one attached hydrogen (secondary N) is 1. The van der Waals surface area contributed by atoms with Crippen LogP contribution in [-0.4, -0.2) is 16.1 Å². The van der Waals surface area contributed by atoms with Gasteiger partial charge in [0.05, 0.1) is 16.9 Å². The second kappa shape index (κ2) is 5.19. The Morgan fingerprint density at radius 2 is 1.89 bits per heavy atom. The summed E-state index contributed by atoms with van der Waals surface area (Å²) >= 11 is 3.19. The average Bonchev–Trinajstić information content (AvgIpc) is 2.32. The first-order valence-corrected chi connectivity index (χ1v) is 6.15. The number of carbonyl (C=O) groups is 1. The molecule has 2 aromatic carbocycles. The van der Waals surface area contributed by atoms with Gasteiger partial charge in [0.15, 0.2) is 0 Å². The lowest BCUT2D eigenvalue weighted by Crippen LogP contribution is -2.13. The predicted molar refractivity (Wildman–Crippen MR) is 76.3 cm³/mol. The summed E-state index contributed by atoms with van der Waals surface area (Å²) in [6, 6.07) is 8.79. The summed E-state index contributed by atoms with van der Waals surface area (Å²) in [4.78, 5) is 12.0. The van der Waals surface area contributed by atoms with E-state index in [1.165, 1.54) is 30.3 Å². The number of carbonyl (C=O) groups excluding carboxylic acids is 1. The fourth-order valence-electron chi connectivity index (χ4n) is 1.55. The topological polar surface area (TPSA) is 95.6 Å². The van der Waals surface area contributed by atoms with Gasteiger partial charge in [0.25, 0.3) is 5.91 Å². The van der Waals surface area contributed by atoms with Crippen molar-refractivity contribution in [2.75, 3.05) is 11.1 Å². The lowest BCUT2D eigenvalue weighted by molar-refractivity contribution is 0.102. The Kier molecular flexibility index (Phi) is 3.62. The van der Waals surface area contributed by atoms with Crippen molar-refractivity contribution < 1.29 is 15.0 Å². The molecule has 0 aliphatic carbocycles. The first-order chi connectivity index (χ1) is 8.97. The highest BCUT2D eigenvalue weighted by Crippen LogP contribution is 2.26. The van der Waals surface area contributed by atoms with E-state index in [0.717, 1.165) is 0 Å². The van der Waals surface area contributed by atoms with Crippen molar-refractivity contribution in [1.82, 2.24) is 0 Å². The summed E-state index contributed by atoms with van der Waals surface area (Å²) in [5, 5.41) is 21.5. The van der Waals surface area contributed by atoms with Crippen LogP contribution in [0.1, 0.15) is 10.4 Å². The highest BCUT2D eigenvalue weighted by atomic mass is 79.9. The summed E-state index contributed by atoms with van der Waals surface area (Å²) in [6.07, 6.45) is 0. The summed E-state index contributed by atoms with van der Waals surface area (Å²) in [5.41, 5.74) is 6.41. The number of phenols is 2. The Morgan fingerprint density at radius 3 is 2.53 bits per heavy atom. The monoisotopic (exact) mass is 322 g/mol. The second-order valence-corrected chi connectivity index (χ2v) is 4.80. The number of phenolic OH excluding ortho intramolecular Hbond substituents is 2. The van der Waals surface area contributed by atoms with Gasteiger partial charge in [-0.3, -0.25) is 4.79 Å². The van der Waals surface area contributed by atoms with Crippen molar-refractivity contribution >= 4 is 33.2 Å². The van der Waals surface area contributed by atoms with Gasteiger partial charge >= 0.3 is 0 Å². The Labute approximate surface area is 117 Å². The zero-order valence-electron chi connectivity index (χ0n) is 9.72. The molecule has 98 valence electrons. The number of rotatable bonds is 2. The van der Waals surface area contributed by atoms with E-state index >= 15 is 0 Å². The Morgan fingerprint density at radius 1 is 1.16 bits per heavy atom. The van der Waals surface area contributed by atoms with Crippen LogP contribution < -0.4 is 11.1 Å². The standard InChI is InChI=1S/C13H11BrN2O3/c14-7-1-3-9(12(18)5-7)13(19)16-11-4-2-8(17)6-10(11)15/h1-6,17-18H,15H2,(H,16,19). The van der Waals surface area contributed by atoms with Gasteiger partial charge in [0.1, 0.15) is 11.5 Å². The smallest absolute Gasteiger partial charge is 0.259 e. The van der Waals surface area contributed by atoms with Crippen LogP contribution in [0.15, 0.2) is 40.9 Å². The van der Waals surface area contributed by atoms with E-state index in [4.69, 9.17) is 5.73 Å². The third-order valence-corrected chi connectivity index (χ3v) is 2.98. The number of hydrogen-bond donors (Lipinski definition) is 4. The fourth-order valence-corrected chi connectivity index (χ4v) is 1.90. The largest absolute Gasteiger partial charge is 0.508 e. The number of benzene rings is 2. The molecular formula is C13H11BrN2O3. The molecule has 5 N–H and O–H groups in total. The van der Waals surface area contributed by atoms with Crippen molar-refractivity contribution in [3.05, 3.63) is 46.4 Å². The third kappa shape index (κ3) is 2.97. The molecule has 0 aliphatic rings. The molecule has 0 atom stereocenters. The fraction of sp³-hybridized carbons (Fsp3) is 0. The lowest BCUT2D eigenvalue weighted by Gasteiger charge is -2.09. The molecule has 0 radical (unpaired) electrons. The van der Waals surface area contributed by atoms with Gasteiger partial charge in [-0.1, -0.05) is 15.9 Å². The van der Waals surface area contributed by atoms with Crippen LogP contribution >= 0.6 is 15.9 Å². The van der Waals surface area contributed by atoms with E-state index in [1.54, 1.807) is 6.07 Å². The third-order valence-electron chi connectivity index (χ3n) is 2.49. The van der Waals surface area contributed by atoms with E-state index in [0.29, 0.717) is 10.2 Å². The van der Waals surface area contributed by atoms with Crippen molar-refractivity contribution in [1.29, 1.82) is 0 Å². The van der Waals surface area contributed by atoms with E-state index in [9.17, 15) is 15.0 Å². The molecule has 0 aromatic heterocycles. The quantitative estimate of drug-likeness (QED) is 0.505. The maximum atomic E-state index is 12.0. The first kappa shape index (κ1) is 13.2. The van der Waals surface area contributed by atoms with Crippen LogP contribution in [0, 0.1) is 0 Å². The van der Waals surface area contributed by atoms with Gasteiger partial charge in [-0.05, 0) is 30.3 Å². The molecule has 2 rings (SSSR count). The predicted octanol–water partition coefficient (Wildman–Crippen LogP) is 2.69. The summed E-state index contributed by atoms with van der Waals surface area (Å²) in [7, 11) is 0. The Hall–Kier alpha value is -2.21. The number of anilines is 2. The minimum Gasteiger partial charge on any atom is -0.508 e. The normalized spacial score (nSPS) is 10.2. The van der Waals surface area contributed by atoms with Gasteiger partial charge in [-0.2, -0.15) is 0 Å². The Balaban J connectivity index is 2.25. The molecule has 6 heteroatoms. The minimum absolute atomic E-state index is 0.0157. The van der Waals surface area contributed by atoms with Crippen LogP contribution in [0.5, 0.6) is 11.5 Å². The van der Waals surface area contributed by atoms with Gasteiger partial charge in [-0.15, -0.1) is 0 Å². The molecular weight excluding hydrogens is 312 g/mol. The highest BCUT2D eigenvalue weighted by Gasteiger charge is 2.12. The zero-order chi connectivity index (χ0) is 14.0. The van der Waals surface area contributed by atoms with Crippen LogP contribution in [0.2, 0.25) is 0 Å². The molecule has 19 heavy (non-hydrogen) atoms. The van der Waals surface area contributed by atoms with Gasteiger partial charge < -0.3 is 21.3 Å². The number of hydrogen-bond acceptors (Lipinski definition) is 4. The number of amides is 1. The van der Waals surface area contributed by atoms with Crippen molar-refractivity contribution in [3.63, 3.8) is 0 Å². The van der Waals surface area contributed by atoms with E-state index in [1.807, 2.05) is 0 Å². The van der Waals surface area contributed by atoms with E-state index in [-0.39, 0.29) is 22.7 Å². The second-order valence-electron chi connectivity index (χ2n) is 3.89. The molecule has 0 aliphatic heterocycles. The van der Waals surface area contributed by atoms with Crippen LogP contribution in [-0.2, 0) is 0 Å². The summed E-state index contributed by atoms with van der Waals surface area (Å²) in [5.74, 6) is -0.603. The average molecular weight is 323 g/mol. The van der Waals surface area contributed by atoms with Gasteiger partial charge in [0.2, 0.25) is 0 Å². The number of nitrogen functional groups attached to an aromatic ring is 1. The number of nitrogens with two attached hydrogens (primary N) is 1. The van der Waals surface area contributed by atoms with Gasteiger partial charge in [-0.25, -0.2) is 0 Å². The summed E-state index contributed by atoms with van der Waals surface area (Å²) in [6.45, 7) is 0. The molecule has 0 bridgehead atoms. The van der Waals surface area contributed by atoms with E-state index < -0.39 is 5.91 Å². The molecule has 2 aromatic rings. The van der Waals surface area contributed by atoms with E-state index in [2.05, 4.69) is 21.2 Å². The molecule has 0 fully saturated rings. The Bertz CT molecular complexity index is 644. The molecule has 0 saturated heterocycles. The van der Waals surface area contributed by atoms with Crippen LogP contribution in [0.4, 0.5) is 11.4 Å². The lowest BCUT2D eigenvalue weighted by atomic mass is 10.1. The van der Waals surface area contributed by atoms with Crippen LogP contribution in [0.25, 0.3) is 0 Å². The highest BCUT2D eigenvalue weighted by molar-refractivity contribution is 9.10. The number of halogens is 1. The molecule has 0 unspecified atom stereocenters. The molecule has 1 amide bonds. The molecule has 0 saturated carbocycles. The first-order valence-electron chi connectivity index (χ1n) is 5.36. The maximum Gasteiger partial charge on any atom is 0.259 e. The minimum atomic E-state index is -0.484. The van der Waals surface area contributed by atoms with Crippen molar-refractivity contribution in [2.24, 2.45) is 0 Å². The van der Waals surface area contributed by atoms with Gasteiger partial charge in [0, 0.05) is 10.5 Å². The maximum absolute atomic E-state index is 12.0. The zero-order valence-corrected chi connectivity index (χ0v) is 11.3. The molecule has 0 spiro atoms.